The summed E-state index contributed by atoms with van der Waals surface area (Å²) in [5.74, 6) is 0. The first-order valence-electron chi connectivity index (χ1n) is 10.8. The van der Waals surface area contributed by atoms with E-state index in [4.69, 9.17) is 31.0 Å². The molecule has 11 heteroatoms. The van der Waals surface area contributed by atoms with E-state index in [1.165, 1.54) is 0 Å². The van der Waals surface area contributed by atoms with Crippen LogP contribution in [0.25, 0.3) is 0 Å². The summed E-state index contributed by atoms with van der Waals surface area (Å²) < 4.78 is 43.8. The fourth-order valence-electron chi connectivity index (χ4n) is 4.38. The molecule has 1 fully saturated rings. The molecular weight excluding hydrogens is 429 g/mol. The summed E-state index contributed by atoms with van der Waals surface area (Å²) in [7, 11) is -7.28. The molecule has 0 amide bonds. The van der Waals surface area contributed by atoms with Gasteiger partial charge in [-0.3, -0.25) is 0 Å². The van der Waals surface area contributed by atoms with Crippen molar-refractivity contribution in [3.05, 3.63) is 0 Å². The van der Waals surface area contributed by atoms with Crippen LogP contribution in [-0.2, 0) is 31.0 Å². The predicted octanol–water partition coefficient (Wildman–Crippen LogP) is 3.07. The Hall–Kier alpha value is 0.588. The van der Waals surface area contributed by atoms with Gasteiger partial charge < -0.3 is 31.0 Å². The SMILES string of the molecule is CCO[SiH]1C[Si](C[Si](OC)(OCC)OCC)(OCC)C[Si](OCC)(OCC)C1. The Kier molecular flexibility index (Phi) is 12.5. The van der Waals surface area contributed by atoms with Gasteiger partial charge in [-0.1, -0.05) is 0 Å². The highest BCUT2D eigenvalue weighted by atomic mass is 28.5. The minimum atomic E-state index is -2.81. The summed E-state index contributed by atoms with van der Waals surface area (Å²) in [6.07, 6.45) is 0. The number of rotatable bonds is 15. The molecule has 0 aromatic rings. The van der Waals surface area contributed by atoms with Crippen LogP contribution in [0.4, 0.5) is 0 Å². The molecule has 1 heterocycles. The largest absolute Gasteiger partial charge is 0.500 e. The molecule has 0 spiro atoms. The van der Waals surface area contributed by atoms with E-state index >= 15 is 0 Å². The summed E-state index contributed by atoms with van der Waals surface area (Å²) >= 11 is 0. The minimum Gasteiger partial charge on any atom is -0.421 e. The maximum atomic E-state index is 6.61. The van der Waals surface area contributed by atoms with E-state index in [9.17, 15) is 0 Å². The summed E-state index contributed by atoms with van der Waals surface area (Å²) in [6, 6.07) is 0. The molecule has 1 aliphatic heterocycles. The van der Waals surface area contributed by atoms with Gasteiger partial charge in [0.1, 0.15) is 0 Å². The van der Waals surface area contributed by atoms with Crippen molar-refractivity contribution in [3.8, 4) is 0 Å². The van der Waals surface area contributed by atoms with Crippen molar-refractivity contribution in [1.29, 1.82) is 0 Å². The van der Waals surface area contributed by atoms with Crippen LogP contribution in [0.15, 0.2) is 0 Å². The molecule has 7 nitrogen and oxygen atoms in total. The highest BCUT2D eigenvalue weighted by Crippen LogP contribution is 2.42. The van der Waals surface area contributed by atoms with E-state index in [0.29, 0.717) is 33.0 Å². The van der Waals surface area contributed by atoms with Crippen LogP contribution in [0.5, 0.6) is 0 Å². The van der Waals surface area contributed by atoms with Gasteiger partial charge >= 0.3 is 17.4 Å². The first kappa shape index (κ1) is 26.6. The quantitative estimate of drug-likeness (QED) is 0.341. The van der Waals surface area contributed by atoms with Gasteiger partial charge in [0.25, 0.3) is 0 Å². The lowest BCUT2D eigenvalue weighted by atomic mass is 10.9. The van der Waals surface area contributed by atoms with E-state index in [1.807, 2.05) is 13.8 Å². The Bertz CT molecular complexity index is 420. The van der Waals surface area contributed by atoms with Crippen molar-refractivity contribution in [3.63, 3.8) is 0 Å². The van der Waals surface area contributed by atoms with Crippen LogP contribution < -0.4 is 0 Å². The van der Waals surface area contributed by atoms with Crippen LogP contribution in [0, 0.1) is 0 Å². The van der Waals surface area contributed by atoms with Crippen molar-refractivity contribution in [2.45, 2.75) is 64.2 Å². The smallest absolute Gasteiger partial charge is 0.421 e. The second kappa shape index (κ2) is 13.1. The van der Waals surface area contributed by atoms with Crippen LogP contribution in [0.2, 0.25) is 22.7 Å². The first-order chi connectivity index (χ1) is 13.4. The summed E-state index contributed by atoms with van der Waals surface area (Å²) in [5.41, 5.74) is 3.69. The van der Waals surface area contributed by atoms with E-state index in [-0.39, 0.29) is 0 Å². The molecule has 0 aromatic carbocycles. The van der Waals surface area contributed by atoms with Crippen LogP contribution in [-0.4, -0.2) is 81.5 Å². The molecule has 28 heavy (non-hydrogen) atoms. The van der Waals surface area contributed by atoms with Gasteiger partial charge in [0, 0.05) is 63.8 Å². The molecule has 0 saturated carbocycles. The second-order valence-corrected chi connectivity index (χ2v) is 22.1. The summed E-state index contributed by atoms with van der Waals surface area (Å²) in [6.45, 7) is 16.1. The van der Waals surface area contributed by atoms with Gasteiger partial charge in [-0.2, -0.15) is 0 Å². The molecule has 0 aliphatic carbocycles. The topological polar surface area (TPSA) is 64.6 Å². The van der Waals surface area contributed by atoms with E-state index in [2.05, 4.69) is 27.7 Å². The maximum absolute atomic E-state index is 6.61. The number of hydrogen-bond donors (Lipinski definition) is 0. The van der Waals surface area contributed by atoms with Crippen molar-refractivity contribution in [2.75, 3.05) is 46.8 Å². The van der Waals surface area contributed by atoms with Gasteiger partial charge in [0.05, 0.1) is 0 Å². The Morgan fingerprint density at radius 1 is 0.750 bits per heavy atom. The van der Waals surface area contributed by atoms with E-state index < -0.39 is 34.7 Å². The highest BCUT2D eigenvalue weighted by molar-refractivity contribution is 7.05. The van der Waals surface area contributed by atoms with Crippen molar-refractivity contribution >= 4 is 34.7 Å². The zero-order valence-electron chi connectivity index (χ0n) is 19.0. The third-order valence-corrected chi connectivity index (χ3v) is 28.5. The molecule has 2 atom stereocenters. The molecule has 1 rings (SSSR count). The Balaban J connectivity index is 3.31. The van der Waals surface area contributed by atoms with E-state index in [1.54, 1.807) is 7.11 Å². The van der Waals surface area contributed by atoms with Crippen molar-refractivity contribution in [2.24, 2.45) is 0 Å². The van der Waals surface area contributed by atoms with Gasteiger partial charge in [-0.05, 0) is 47.2 Å². The van der Waals surface area contributed by atoms with Crippen LogP contribution >= 0.6 is 0 Å². The molecule has 0 aromatic heterocycles. The average molecular weight is 471 g/mol. The molecule has 0 radical (unpaired) electrons. The molecule has 0 bridgehead atoms. The summed E-state index contributed by atoms with van der Waals surface area (Å²) in [4.78, 5) is 0. The number of hydrogen-bond acceptors (Lipinski definition) is 7. The molecule has 1 aliphatic rings. The lowest BCUT2D eigenvalue weighted by Gasteiger charge is -2.47. The zero-order valence-corrected chi connectivity index (χ0v) is 23.2. The molecule has 0 N–H and O–H groups in total. The molecule has 2 unspecified atom stereocenters. The Morgan fingerprint density at radius 3 is 1.75 bits per heavy atom. The van der Waals surface area contributed by atoms with Gasteiger partial charge in [0.15, 0.2) is 17.4 Å². The Morgan fingerprint density at radius 2 is 1.32 bits per heavy atom. The molecular formula is C17H42O7Si4. The van der Waals surface area contributed by atoms with E-state index in [0.717, 1.165) is 29.3 Å². The molecule has 1 saturated heterocycles. The standard InChI is InChI=1S/C17H42O7Si4/c1-8-19-25-14-26(20-9-2,16-27(15-25,21-10-3)22-11-4)17-28(18-7,23-12-5)24-13-6/h25H,8-17H2,1-7H3. The van der Waals surface area contributed by atoms with Crippen molar-refractivity contribution in [1.82, 2.24) is 0 Å². The third-order valence-electron chi connectivity index (χ3n) is 4.98. The van der Waals surface area contributed by atoms with Gasteiger partial charge in [-0.25, -0.2) is 0 Å². The zero-order chi connectivity index (χ0) is 21.1. The van der Waals surface area contributed by atoms with Crippen LogP contribution in [0.1, 0.15) is 41.5 Å². The molecule has 168 valence electrons. The fraction of sp³-hybridized carbons (Fsp3) is 1.00. The Labute approximate surface area is 176 Å². The van der Waals surface area contributed by atoms with Gasteiger partial charge in [0.2, 0.25) is 0 Å². The first-order valence-corrected chi connectivity index (χ1v) is 19.6. The normalized spacial score (nSPS) is 25.2. The fourth-order valence-corrected chi connectivity index (χ4v) is 35.5. The average Bonchev–Trinajstić information content (AvgIpc) is 2.62. The van der Waals surface area contributed by atoms with Crippen molar-refractivity contribution < 1.29 is 31.0 Å². The third kappa shape index (κ3) is 7.37. The maximum Gasteiger partial charge on any atom is 0.500 e. The highest BCUT2D eigenvalue weighted by Gasteiger charge is 2.61. The monoisotopic (exact) mass is 470 g/mol. The minimum absolute atomic E-state index is 0.572. The summed E-state index contributed by atoms with van der Waals surface area (Å²) in [5, 5.41) is 0. The van der Waals surface area contributed by atoms with Gasteiger partial charge in [-0.15, -0.1) is 0 Å². The predicted molar refractivity (Wildman–Crippen MR) is 120 cm³/mol. The second-order valence-electron chi connectivity index (χ2n) is 6.99. The lowest BCUT2D eigenvalue weighted by Crippen LogP contribution is -2.65. The van der Waals surface area contributed by atoms with Crippen LogP contribution in [0.3, 0.4) is 0 Å². The lowest BCUT2D eigenvalue weighted by molar-refractivity contribution is 0.0893.